The molecule has 0 fully saturated rings. The SMILES string of the molecule is O=C(O)CCC(=O)NC1CCc2cc(F)ccc21. The van der Waals surface area contributed by atoms with Gasteiger partial charge in [-0.3, -0.25) is 9.59 Å². The number of rotatable bonds is 4. The molecule has 96 valence electrons. The summed E-state index contributed by atoms with van der Waals surface area (Å²) in [7, 11) is 0. The highest BCUT2D eigenvalue weighted by molar-refractivity contribution is 5.81. The lowest BCUT2D eigenvalue weighted by Crippen LogP contribution is -2.27. The summed E-state index contributed by atoms with van der Waals surface area (Å²) in [6.45, 7) is 0. The Hall–Kier alpha value is -1.91. The minimum Gasteiger partial charge on any atom is -0.481 e. The van der Waals surface area contributed by atoms with Gasteiger partial charge < -0.3 is 10.4 Å². The third-order valence-corrected chi connectivity index (χ3v) is 3.08. The van der Waals surface area contributed by atoms with Gasteiger partial charge in [0.15, 0.2) is 0 Å². The van der Waals surface area contributed by atoms with Gasteiger partial charge in [0.2, 0.25) is 5.91 Å². The maximum Gasteiger partial charge on any atom is 0.303 e. The van der Waals surface area contributed by atoms with Crippen LogP contribution in [0.2, 0.25) is 0 Å². The first-order valence-electron chi connectivity index (χ1n) is 5.86. The molecule has 1 unspecified atom stereocenters. The van der Waals surface area contributed by atoms with Crippen molar-refractivity contribution in [2.75, 3.05) is 0 Å². The number of nitrogens with one attached hydrogen (secondary N) is 1. The van der Waals surface area contributed by atoms with Crippen molar-refractivity contribution in [1.82, 2.24) is 5.32 Å². The van der Waals surface area contributed by atoms with Crippen molar-refractivity contribution in [2.45, 2.75) is 31.7 Å². The molecule has 0 aromatic heterocycles. The Kier molecular flexibility index (Phi) is 3.60. The second-order valence-electron chi connectivity index (χ2n) is 4.40. The minimum atomic E-state index is -0.987. The summed E-state index contributed by atoms with van der Waals surface area (Å²) >= 11 is 0. The molecule has 2 rings (SSSR count). The lowest BCUT2D eigenvalue weighted by Gasteiger charge is -2.13. The molecule has 18 heavy (non-hydrogen) atoms. The zero-order valence-corrected chi connectivity index (χ0v) is 9.78. The molecule has 1 aliphatic rings. The van der Waals surface area contributed by atoms with Gasteiger partial charge in [-0.1, -0.05) is 6.07 Å². The summed E-state index contributed by atoms with van der Waals surface area (Å²) in [6.07, 6.45) is 1.27. The number of carbonyl (C=O) groups excluding carboxylic acids is 1. The molecule has 5 heteroatoms. The summed E-state index contributed by atoms with van der Waals surface area (Å²) in [6, 6.07) is 4.42. The largest absolute Gasteiger partial charge is 0.481 e. The standard InChI is InChI=1S/C13H14FNO3/c14-9-2-3-10-8(7-9)1-4-11(10)15-12(16)5-6-13(17)18/h2-3,7,11H,1,4-6H2,(H,15,16)(H,17,18). The van der Waals surface area contributed by atoms with E-state index in [0.29, 0.717) is 0 Å². The van der Waals surface area contributed by atoms with E-state index >= 15 is 0 Å². The first kappa shape index (κ1) is 12.5. The first-order valence-corrected chi connectivity index (χ1v) is 5.86. The van der Waals surface area contributed by atoms with Crippen LogP contribution in [0.3, 0.4) is 0 Å². The van der Waals surface area contributed by atoms with Crippen molar-refractivity contribution >= 4 is 11.9 Å². The first-order chi connectivity index (χ1) is 8.56. The van der Waals surface area contributed by atoms with Gasteiger partial charge in [-0.25, -0.2) is 4.39 Å². The summed E-state index contributed by atoms with van der Waals surface area (Å²) in [5.74, 6) is -1.54. The second-order valence-corrected chi connectivity index (χ2v) is 4.40. The summed E-state index contributed by atoms with van der Waals surface area (Å²) in [5, 5.41) is 11.3. The van der Waals surface area contributed by atoms with Gasteiger partial charge in [-0.05, 0) is 36.1 Å². The van der Waals surface area contributed by atoms with Crippen molar-refractivity contribution < 1.29 is 19.1 Å². The van der Waals surface area contributed by atoms with E-state index in [2.05, 4.69) is 5.32 Å². The Labute approximate surface area is 104 Å². The Bertz CT molecular complexity index is 487. The minimum absolute atomic E-state index is 0.0254. The second kappa shape index (κ2) is 5.16. The molecule has 4 nitrogen and oxygen atoms in total. The average molecular weight is 251 g/mol. The number of carbonyl (C=O) groups is 2. The third kappa shape index (κ3) is 2.85. The van der Waals surface area contributed by atoms with Crippen LogP contribution < -0.4 is 5.32 Å². The summed E-state index contributed by atoms with van der Waals surface area (Å²) in [5.41, 5.74) is 1.85. The smallest absolute Gasteiger partial charge is 0.303 e. The molecular weight excluding hydrogens is 237 g/mol. The topological polar surface area (TPSA) is 66.4 Å². The van der Waals surface area contributed by atoms with Crippen LogP contribution in [0.15, 0.2) is 18.2 Å². The van der Waals surface area contributed by atoms with E-state index < -0.39 is 5.97 Å². The molecular formula is C13H14FNO3. The number of carboxylic acid groups (broad SMARTS) is 1. The van der Waals surface area contributed by atoms with E-state index in [0.717, 1.165) is 24.0 Å². The molecule has 0 aliphatic heterocycles. The Morgan fingerprint density at radius 1 is 1.39 bits per heavy atom. The number of halogens is 1. The lowest BCUT2D eigenvalue weighted by molar-refractivity contribution is -0.138. The molecule has 1 amide bonds. The zero-order valence-electron chi connectivity index (χ0n) is 9.78. The van der Waals surface area contributed by atoms with Crippen molar-refractivity contribution in [1.29, 1.82) is 0 Å². The van der Waals surface area contributed by atoms with Crippen LogP contribution in [0.5, 0.6) is 0 Å². The van der Waals surface area contributed by atoms with Crippen molar-refractivity contribution in [3.05, 3.63) is 35.1 Å². The zero-order chi connectivity index (χ0) is 13.1. The fourth-order valence-electron chi connectivity index (χ4n) is 2.22. The predicted molar refractivity (Wildman–Crippen MR) is 62.5 cm³/mol. The number of hydrogen-bond acceptors (Lipinski definition) is 2. The molecule has 0 saturated carbocycles. The number of fused-ring (bicyclic) bond motifs is 1. The number of aryl methyl sites for hydroxylation is 1. The Balaban J connectivity index is 1.97. The van der Waals surface area contributed by atoms with Crippen LogP contribution in [0.4, 0.5) is 4.39 Å². The maximum absolute atomic E-state index is 13.0. The quantitative estimate of drug-likeness (QED) is 0.857. The molecule has 0 saturated heterocycles. The van der Waals surface area contributed by atoms with Crippen LogP contribution in [0.25, 0.3) is 0 Å². The van der Waals surface area contributed by atoms with Crippen LogP contribution >= 0.6 is 0 Å². The number of carboxylic acids is 1. The normalized spacial score (nSPS) is 17.3. The maximum atomic E-state index is 13.0. The molecule has 0 spiro atoms. The molecule has 0 heterocycles. The predicted octanol–water partition coefficient (Wildman–Crippen LogP) is 1.79. The molecule has 1 atom stereocenters. The third-order valence-electron chi connectivity index (χ3n) is 3.08. The van der Waals surface area contributed by atoms with Crippen molar-refractivity contribution in [3.63, 3.8) is 0 Å². The average Bonchev–Trinajstić information content (AvgIpc) is 2.69. The molecule has 0 bridgehead atoms. The number of hydrogen-bond donors (Lipinski definition) is 2. The lowest BCUT2D eigenvalue weighted by atomic mass is 10.1. The fraction of sp³-hybridized carbons (Fsp3) is 0.385. The van der Waals surface area contributed by atoms with Gasteiger partial charge in [-0.2, -0.15) is 0 Å². The molecule has 1 aromatic carbocycles. The molecule has 1 aliphatic carbocycles. The Morgan fingerprint density at radius 3 is 2.89 bits per heavy atom. The van der Waals surface area contributed by atoms with E-state index in [1.807, 2.05) is 0 Å². The van der Waals surface area contributed by atoms with E-state index in [-0.39, 0.29) is 30.6 Å². The van der Waals surface area contributed by atoms with Gasteiger partial charge in [-0.15, -0.1) is 0 Å². The monoisotopic (exact) mass is 251 g/mol. The highest BCUT2D eigenvalue weighted by Crippen LogP contribution is 2.31. The molecule has 1 aromatic rings. The van der Waals surface area contributed by atoms with Gasteiger partial charge in [0.1, 0.15) is 5.82 Å². The van der Waals surface area contributed by atoms with E-state index in [9.17, 15) is 14.0 Å². The van der Waals surface area contributed by atoms with Crippen LogP contribution in [0, 0.1) is 5.82 Å². The number of amides is 1. The number of aliphatic carboxylic acids is 1. The van der Waals surface area contributed by atoms with Gasteiger partial charge in [0.25, 0.3) is 0 Å². The molecule has 0 radical (unpaired) electrons. The van der Waals surface area contributed by atoms with Gasteiger partial charge in [0.05, 0.1) is 12.5 Å². The van der Waals surface area contributed by atoms with Crippen LogP contribution in [-0.2, 0) is 16.0 Å². The summed E-state index contributed by atoms with van der Waals surface area (Å²) < 4.78 is 13.0. The number of benzene rings is 1. The van der Waals surface area contributed by atoms with Crippen molar-refractivity contribution in [2.24, 2.45) is 0 Å². The van der Waals surface area contributed by atoms with E-state index in [1.165, 1.54) is 12.1 Å². The fourth-order valence-corrected chi connectivity index (χ4v) is 2.22. The molecule has 2 N–H and O–H groups in total. The van der Waals surface area contributed by atoms with Crippen molar-refractivity contribution in [3.8, 4) is 0 Å². The van der Waals surface area contributed by atoms with E-state index in [1.54, 1.807) is 6.07 Å². The highest BCUT2D eigenvalue weighted by atomic mass is 19.1. The van der Waals surface area contributed by atoms with Crippen LogP contribution in [0.1, 0.15) is 36.4 Å². The Morgan fingerprint density at radius 2 is 2.17 bits per heavy atom. The van der Waals surface area contributed by atoms with Gasteiger partial charge >= 0.3 is 5.97 Å². The van der Waals surface area contributed by atoms with Gasteiger partial charge in [0, 0.05) is 6.42 Å². The van der Waals surface area contributed by atoms with Crippen LogP contribution in [-0.4, -0.2) is 17.0 Å². The van der Waals surface area contributed by atoms with E-state index in [4.69, 9.17) is 5.11 Å². The summed E-state index contributed by atoms with van der Waals surface area (Å²) in [4.78, 5) is 21.9. The highest BCUT2D eigenvalue weighted by Gasteiger charge is 2.24.